The number of hydrogen-bond donors (Lipinski definition) is 0. The van der Waals surface area contributed by atoms with Crippen LogP contribution in [0.25, 0.3) is 23.0 Å². The van der Waals surface area contributed by atoms with Crippen molar-refractivity contribution in [1.29, 1.82) is 0 Å². The first-order valence-electron chi connectivity index (χ1n) is 13.1. The molecular weight excluding hydrogens is 498 g/mol. The first-order chi connectivity index (χ1) is 18.0. The fourth-order valence-corrected chi connectivity index (χ4v) is 5.58. The summed E-state index contributed by atoms with van der Waals surface area (Å²) in [5, 5.41) is 4.90. The zero-order chi connectivity index (χ0) is 26.2. The number of amides is 1. The largest absolute Gasteiger partial charge is 0.491 e. The summed E-state index contributed by atoms with van der Waals surface area (Å²) in [4.78, 5) is 15.7. The second-order valence-corrected chi connectivity index (χ2v) is 11.2. The van der Waals surface area contributed by atoms with Crippen LogP contribution >= 0.6 is 24.0 Å². The van der Waals surface area contributed by atoms with Gasteiger partial charge in [-0.05, 0) is 62.7 Å². The highest BCUT2D eigenvalue weighted by Crippen LogP contribution is 2.35. The molecule has 0 spiro atoms. The highest BCUT2D eigenvalue weighted by molar-refractivity contribution is 8.26. The van der Waals surface area contributed by atoms with Gasteiger partial charge in [0.25, 0.3) is 5.91 Å². The third-order valence-corrected chi connectivity index (χ3v) is 7.54. The van der Waals surface area contributed by atoms with Crippen LogP contribution in [0.3, 0.4) is 0 Å². The minimum atomic E-state index is -0.0114. The van der Waals surface area contributed by atoms with Crippen LogP contribution in [0.1, 0.15) is 64.9 Å². The summed E-state index contributed by atoms with van der Waals surface area (Å²) in [5.41, 5.74) is 3.60. The molecule has 0 N–H and O–H groups in total. The molecule has 0 atom stereocenters. The number of thiocarbonyl (C=S) groups is 1. The van der Waals surface area contributed by atoms with E-state index in [1.807, 2.05) is 85.4 Å². The van der Waals surface area contributed by atoms with Crippen molar-refractivity contribution in [2.75, 3.05) is 6.54 Å². The van der Waals surface area contributed by atoms with Gasteiger partial charge in [-0.1, -0.05) is 81.2 Å². The minimum Gasteiger partial charge on any atom is -0.491 e. The Morgan fingerprint density at radius 2 is 1.70 bits per heavy atom. The van der Waals surface area contributed by atoms with Gasteiger partial charge in [0.05, 0.1) is 22.4 Å². The lowest BCUT2D eigenvalue weighted by Gasteiger charge is -2.14. The van der Waals surface area contributed by atoms with E-state index in [0.717, 1.165) is 41.1 Å². The van der Waals surface area contributed by atoms with Gasteiger partial charge in [-0.15, -0.1) is 0 Å². The molecule has 4 rings (SSSR count). The smallest absolute Gasteiger partial charge is 0.266 e. The SMILES string of the molecule is CCCCCCCCN1C(=O)/C(=C/c2cn(-c3ccccc3)nc2-c2ccc(OC(C)C)cc2)SC1=S. The maximum atomic E-state index is 13.3. The summed E-state index contributed by atoms with van der Waals surface area (Å²) >= 11 is 6.96. The van der Waals surface area contributed by atoms with Gasteiger partial charge in [-0.25, -0.2) is 4.68 Å². The van der Waals surface area contributed by atoms with Gasteiger partial charge in [0.1, 0.15) is 10.1 Å². The number of ether oxygens (including phenoxy) is 1. The Morgan fingerprint density at radius 3 is 2.41 bits per heavy atom. The number of aromatic nitrogens is 2. The van der Waals surface area contributed by atoms with E-state index in [1.165, 1.54) is 37.4 Å². The number of unbranched alkanes of at least 4 members (excludes halogenated alkanes) is 5. The van der Waals surface area contributed by atoms with E-state index < -0.39 is 0 Å². The highest BCUT2D eigenvalue weighted by atomic mass is 32.2. The second-order valence-electron chi connectivity index (χ2n) is 9.51. The number of carbonyl (C=O) groups excluding carboxylic acids is 1. The minimum absolute atomic E-state index is 0.0114. The monoisotopic (exact) mass is 533 g/mol. The Labute approximate surface area is 229 Å². The Hall–Kier alpha value is -2.90. The van der Waals surface area contributed by atoms with Crippen LogP contribution < -0.4 is 4.74 Å². The van der Waals surface area contributed by atoms with Crippen LogP contribution in [0.2, 0.25) is 0 Å². The van der Waals surface area contributed by atoms with Crippen molar-refractivity contribution in [2.24, 2.45) is 0 Å². The third-order valence-electron chi connectivity index (χ3n) is 6.16. The van der Waals surface area contributed by atoms with Gasteiger partial charge in [-0.2, -0.15) is 5.10 Å². The third kappa shape index (κ3) is 7.11. The molecule has 1 aliphatic heterocycles. The summed E-state index contributed by atoms with van der Waals surface area (Å²) in [6.07, 6.45) is 11.1. The molecule has 1 amide bonds. The molecule has 5 nitrogen and oxygen atoms in total. The normalized spacial score (nSPS) is 14.8. The molecule has 1 aromatic heterocycles. The topological polar surface area (TPSA) is 47.4 Å². The van der Waals surface area contributed by atoms with Crippen LogP contribution in [0, 0.1) is 0 Å². The van der Waals surface area contributed by atoms with E-state index in [0.29, 0.717) is 15.8 Å². The predicted molar refractivity (Wildman–Crippen MR) is 158 cm³/mol. The Kier molecular flexibility index (Phi) is 9.58. The summed E-state index contributed by atoms with van der Waals surface area (Å²) < 4.78 is 8.30. The number of rotatable bonds is 12. The second kappa shape index (κ2) is 13.1. The molecule has 194 valence electrons. The molecule has 1 aliphatic rings. The van der Waals surface area contributed by atoms with Crippen LogP contribution in [-0.4, -0.2) is 37.6 Å². The van der Waals surface area contributed by atoms with Gasteiger partial charge in [0.15, 0.2) is 0 Å². The summed E-state index contributed by atoms with van der Waals surface area (Å²) in [6, 6.07) is 17.9. The van der Waals surface area contributed by atoms with Gasteiger partial charge < -0.3 is 4.74 Å². The summed E-state index contributed by atoms with van der Waals surface area (Å²) in [6.45, 7) is 6.92. The van der Waals surface area contributed by atoms with Crippen molar-refractivity contribution in [3.05, 3.63) is 71.3 Å². The molecule has 0 saturated carbocycles. The first kappa shape index (κ1) is 27.1. The van der Waals surface area contributed by atoms with E-state index in [4.69, 9.17) is 22.1 Å². The maximum absolute atomic E-state index is 13.3. The van der Waals surface area contributed by atoms with E-state index in [1.54, 1.807) is 4.90 Å². The van der Waals surface area contributed by atoms with E-state index >= 15 is 0 Å². The average Bonchev–Trinajstić information content (AvgIpc) is 3.43. The highest BCUT2D eigenvalue weighted by Gasteiger charge is 2.32. The number of nitrogens with zero attached hydrogens (tertiary/aromatic N) is 3. The van der Waals surface area contributed by atoms with E-state index in [-0.39, 0.29) is 12.0 Å². The molecule has 0 radical (unpaired) electrons. The fourth-order valence-electron chi connectivity index (χ4n) is 4.28. The standard InChI is InChI=1S/C30H35N3O2S2/c1-4-5-6-7-8-12-19-32-29(34)27(37-30(32)36)20-24-21-33(25-13-10-9-11-14-25)31-28(24)23-15-17-26(18-16-23)35-22(2)3/h9-11,13-18,20-22H,4-8,12,19H2,1-3H3/b27-20-. The van der Waals surface area contributed by atoms with Crippen molar-refractivity contribution in [3.63, 3.8) is 0 Å². The average molecular weight is 534 g/mol. The van der Waals surface area contributed by atoms with E-state index in [2.05, 4.69) is 6.92 Å². The molecule has 2 heterocycles. The molecule has 0 bridgehead atoms. The Balaban J connectivity index is 1.58. The fraction of sp³-hybridized carbons (Fsp3) is 0.367. The summed E-state index contributed by atoms with van der Waals surface area (Å²) in [7, 11) is 0. The molecule has 0 unspecified atom stereocenters. The first-order valence-corrected chi connectivity index (χ1v) is 14.4. The van der Waals surface area contributed by atoms with E-state index in [9.17, 15) is 4.79 Å². The number of thioether (sulfide) groups is 1. The lowest BCUT2D eigenvalue weighted by molar-refractivity contribution is -0.122. The number of para-hydroxylation sites is 1. The Morgan fingerprint density at radius 1 is 1.00 bits per heavy atom. The van der Waals surface area contributed by atoms with Crippen LogP contribution in [-0.2, 0) is 4.79 Å². The predicted octanol–water partition coefficient (Wildman–Crippen LogP) is 7.89. The van der Waals surface area contributed by atoms with Crippen LogP contribution in [0.4, 0.5) is 0 Å². The van der Waals surface area contributed by atoms with Crippen molar-refractivity contribution in [2.45, 2.75) is 65.4 Å². The van der Waals surface area contributed by atoms with Crippen molar-refractivity contribution in [3.8, 4) is 22.7 Å². The van der Waals surface area contributed by atoms with Crippen molar-refractivity contribution >= 4 is 40.3 Å². The zero-order valence-corrected chi connectivity index (χ0v) is 23.5. The molecular formula is C30H35N3O2S2. The molecule has 37 heavy (non-hydrogen) atoms. The molecule has 2 aromatic carbocycles. The zero-order valence-electron chi connectivity index (χ0n) is 21.9. The molecule has 7 heteroatoms. The lowest BCUT2D eigenvalue weighted by atomic mass is 10.1. The molecule has 0 aliphatic carbocycles. The molecule has 1 saturated heterocycles. The summed E-state index contributed by atoms with van der Waals surface area (Å²) in [5.74, 6) is 0.806. The van der Waals surface area contributed by atoms with Crippen LogP contribution in [0.15, 0.2) is 65.7 Å². The van der Waals surface area contributed by atoms with Gasteiger partial charge in [-0.3, -0.25) is 9.69 Å². The molecule has 1 fully saturated rings. The van der Waals surface area contributed by atoms with Gasteiger partial charge in [0.2, 0.25) is 0 Å². The maximum Gasteiger partial charge on any atom is 0.266 e. The lowest BCUT2D eigenvalue weighted by Crippen LogP contribution is -2.29. The van der Waals surface area contributed by atoms with Crippen LogP contribution in [0.5, 0.6) is 5.75 Å². The van der Waals surface area contributed by atoms with Crippen molar-refractivity contribution < 1.29 is 9.53 Å². The van der Waals surface area contributed by atoms with Crippen molar-refractivity contribution in [1.82, 2.24) is 14.7 Å². The van der Waals surface area contributed by atoms with Gasteiger partial charge >= 0.3 is 0 Å². The molecule has 3 aromatic rings. The number of carbonyl (C=O) groups is 1. The quantitative estimate of drug-likeness (QED) is 0.135. The van der Waals surface area contributed by atoms with Gasteiger partial charge in [0, 0.05) is 23.9 Å². The number of benzene rings is 2. The number of hydrogen-bond acceptors (Lipinski definition) is 5. The Bertz CT molecular complexity index is 1230.